The summed E-state index contributed by atoms with van der Waals surface area (Å²) in [5.41, 5.74) is 6.44. The van der Waals surface area contributed by atoms with E-state index in [0.29, 0.717) is 38.0 Å². The Labute approximate surface area is 307 Å². The van der Waals surface area contributed by atoms with E-state index in [9.17, 15) is 14.4 Å². The molecule has 0 radical (unpaired) electrons. The van der Waals surface area contributed by atoms with Gasteiger partial charge in [-0.25, -0.2) is 4.79 Å². The van der Waals surface area contributed by atoms with Gasteiger partial charge in [0.25, 0.3) is 0 Å². The van der Waals surface area contributed by atoms with Crippen molar-refractivity contribution in [2.75, 3.05) is 51.1 Å². The van der Waals surface area contributed by atoms with Crippen LogP contribution in [0.25, 0.3) is 11.1 Å². The Morgan fingerprint density at radius 1 is 0.904 bits per heavy atom. The quantitative estimate of drug-likeness (QED) is 0.131. The molecular weight excluding hydrogens is 654 g/mol. The molecule has 274 valence electrons. The van der Waals surface area contributed by atoms with Crippen LogP contribution in [0, 0.1) is 0 Å². The first-order valence-electron chi connectivity index (χ1n) is 18.0. The third-order valence-corrected chi connectivity index (χ3v) is 9.61. The van der Waals surface area contributed by atoms with Crippen LogP contribution in [-0.4, -0.2) is 75.8 Å². The van der Waals surface area contributed by atoms with Crippen molar-refractivity contribution < 1.29 is 23.9 Å². The molecule has 0 spiro atoms. The molecule has 1 aliphatic heterocycles. The molecule has 5 rings (SSSR count). The number of hydrogen-bond acceptors (Lipinski definition) is 7. The van der Waals surface area contributed by atoms with Crippen LogP contribution < -0.4 is 25.6 Å². The predicted molar refractivity (Wildman–Crippen MR) is 207 cm³/mol. The highest BCUT2D eigenvalue weighted by atomic mass is 16.6. The number of likely N-dealkylation sites (N-methyl/N-ethyl adjacent to an activating group) is 1. The van der Waals surface area contributed by atoms with E-state index < -0.39 is 6.09 Å². The Bertz CT molecular complexity index is 1770. The molecule has 1 aliphatic rings. The minimum atomic E-state index is -0.454. The molecule has 3 amide bonds. The van der Waals surface area contributed by atoms with E-state index in [1.807, 2.05) is 104 Å². The van der Waals surface area contributed by atoms with E-state index in [1.165, 1.54) is 0 Å². The van der Waals surface area contributed by atoms with Crippen molar-refractivity contribution in [1.82, 2.24) is 15.5 Å². The van der Waals surface area contributed by atoms with Gasteiger partial charge in [0.15, 0.2) is 0 Å². The monoisotopic (exact) mass is 705 g/mol. The summed E-state index contributed by atoms with van der Waals surface area (Å²) in [4.78, 5) is 42.5. The number of carbonyl (C=O) groups excluding carboxylic acids is 3. The Hall–Kier alpha value is -5.19. The van der Waals surface area contributed by atoms with Gasteiger partial charge in [0.2, 0.25) is 11.8 Å². The summed E-state index contributed by atoms with van der Waals surface area (Å²) in [6, 6.07) is 31.5. The van der Waals surface area contributed by atoms with Gasteiger partial charge in [-0.2, -0.15) is 0 Å². The number of hydrogen-bond donors (Lipinski definition) is 3. The lowest BCUT2D eigenvalue weighted by molar-refractivity contribution is -0.120. The maximum atomic E-state index is 13.1. The average Bonchev–Trinajstić information content (AvgIpc) is 3.17. The van der Waals surface area contributed by atoms with Gasteiger partial charge in [-0.1, -0.05) is 72.8 Å². The van der Waals surface area contributed by atoms with Gasteiger partial charge >= 0.3 is 6.09 Å². The summed E-state index contributed by atoms with van der Waals surface area (Å²) in [5, 5.41) is 9.17. The zero-order valence-electron chi connectivity index (χ0n) is 30.7. The SMILES string of the molecule is CNC(C)Cc1cc(CC(=O)NCc2ccc(N(C)C(=O)CCN3CCC(OC(=O)Nc4ccccc4-c4ccccc4)CC3)cc2)ccc1OC. The number of para-hydroxylation sites is 1. The number of amides is 3. The Morgan fingerprint density at radius 3 is 2.31 bits per heavy atom. The van der Waals surface area contributed by atoms with Crippen LogP contribution in [0.5, 0.6) is 5.75 Å². The van der Waals surface area contributed by atoms with Crippen molar-refractivity contribution in [2.24, 2.45) is 0 Å². The summed E-state index contributed by atoms with van der Waals surface area (Å²) in [5.74, 6) is 0.793. The lowest BCUT2D eigenvalue weighted by atomic mass is 10.0. The molecule has 0 aromatic heterocycles. The first kappa shape index (κ1) is 38.1. The Balaban J connectivity index is 1.01. The van der Waals surface area contributed by atoms with Gasteiger partial charge < -0.3 is 29.9 Å². The van der Waals surface area contributed by atoms with Crippen molar-refractivity contribution in [1.29, 1.82) is 0 Å². The third-order valence-electron chi connectivity index (χ3n) is 9.61. The first-order chi connectivity index (χ1) is 25.2. The summed E-state index contributed by atoms with van der Waals surface area (Å²) in [7, 11) is 5.38. The van der Waals surface area contributed by atoms with Crippen molar-refractivity contribution >= 4 is 29.3 Å². The second kappa shape index (κ2) is 18.9. The molecule has 1 saturated heterocycles. The van der Waals surface area contributed by atoms with Gasteiger partial charge in [-0.3, -0.25) is 14.9 Å². The van der Waals surface area contributed by atoms with Crippen LogP contribution in [-0.2, 0) is 33.7 Å². The molecule has 4 aromatic carbocycles. The lowest BCUT2D eigenvalue weighted by Crippen LogP contribution is -2.40. The second-order valence-electron chi connectivity index (χ2n) is 13.3. The van der Waals surface area contributed by atoms with Crippen molar-refractivity contribution in [3.05, 3.63) is 114 Å². The predicted octanol–water partition coefficient (Wildman–Crippen LogP) is 6.44. The first-order valence-corrected chi connectivity index (χ1v) is 18.0. The maximum absolute atomic E-state index is 13.1. The van der Waals surface area contributed by atoms with Crippen LogP contribution >= 0.6 is 0 Å². The maximum Gasteiger partial charge on any atom is 0.411 e. The molecule has 1 fully saturated rings. The zero-order chi connectivity index (χ0) is 36.9. The van der Waals surface area contributed by atoms with Crippen LogP contribution in [0.3, 0.4) is 0 Å². The highest BCUT2D eigenvalue weighted by Gasteiger charge is 2.24. The molecule has 52 heavy (non-hydrogen) atoms. The number of carbonyl (C=O) groups is 3. The van der Waals surface area contributed by atoms with Crippen LogP contribution in [0.2, 0.25) is 0 Å². The van der Waals surface area contributed by atoms with Gasteiger partial charge in [0.1, 0.15) is 11.9 Å². The molecule has 4 aromatic rings. The van der Waals surface area contributed by atoms with E-state index >= 15 is 0 Å². The average molecular weight is 706 g/mol. The van der Waals surface area contributed by atoms with Gasteiger partial charge in [-0.05, 0) is 79.8 Å². The largest absolute Gasteiger partial charge is 0.496 e. The normalized spacial score (nSPS) is 13.9. The fourth-order valence-electron chi connectivity index (χ4n) is 6.39. The number of rotatable bonds is 15. The standard InChI is InChI=1S/C42H51N5O5/c1-30(43-2)26-34-27-32(16-19-39(34)51-4)28-40(48)44-29-31-14-17-35(18-15-31)46(3)41(49)22-25-47-23-20-36(21-24-47)52-42(50)45-38-13-9-8-12-37(38)33-10-6-5-7-11-33/h5-19,27,30,36,43H,20-26,28-29H2,1-4H3,(H,44,48)(H,45,50). The molecule has 1 heterocycles. The Morgan fingerprint density at radius 2 is 1.60 bits per heavy atom. The number of methoxy groups -OCH3 is 1. The van der Waals surface area contributed by atoms with Gasteiger partial charge in [0.05, 0.1) is 19.2 Å². The molecular formula is C42H51N5O5. The molecule has 0 bridgehead atoms. The smallest absolute Gasteiger partial charge is 0.411 e. The van der Waals surface area contributed by atoms with Crippen molar-refractivity contribution in [3.8, 4) is 16.9 Å². The van der Waals surface area contributed by atoms with E-state index in [4.69, 9.17) is 9.47 Å². The number of anilines is 2. The second-order valence-corrected chi connectivity index (χ2v) is 13.3. The highest BCUT2D eigenvalue weighted by Crippen LogP contribution is 2.28. The molecule has 3 N–H and O–H groups in total. The van der Waals surface area contributed by atoms with Crippen molar-refractivity contribution in [3.63, 3.8) is 0 Å². The highest BCUT2D eigenvalue weighted by molar-refractivity contribution is 5.93. The van der Waals surface area contributed by atoms with Crippen LogP contribution in [0.4, 0.5) is 16.2 Å². The summed E-state index contributed by atoms with van der Waals surface area (Å²) < 4.78 is 11.3. The van der Waals surface area contributed by atoms with E-state index in [-0.39, 0.29) is 30.4 Å². The van der Waals surface area contributed by atoms with E-state index in [2.05, 4.69) is 27.8 Å². The minimum absolute atomic E-state index is 0.0267. The minimum Gasteiger partial charge on any atom is -0.496 e. The van der Waals surface area contributed by atoms with E-state index in [0.717, 1.165) is 58.8 Å². The fourth-order valence-corrected chi connectivity index (χ4v) is 6.39. The summed E-state index contributed by atoms with van der Waals surface area (Å²) in [6.45, 7) is 4.66. The lowest BCUT2D eigenvalue weighted by Gasteiger charge is -2.31. The molecule has 1 atom stereocenters. The number of nitrogens with zero attached hydrogens (tertiary/aromatic N) is 2. The molecule has 0 saturated carbocycles. The number of likely N-dealkylation sites (tertiary alicyclic amines) is 1. The molecule has 10 heteroatoms. The molecule has 10 nitrogen and oxygen atoms in total. The van der Waals surface area contributed by atoms with Crippen LogP contribution in [0.15, 0.2) is 97.1 Å². The number of nitrogens with one attached hydrogen (secondary N) is 3. The third kappa shape index (κ3) is 10.9. The van der Waals surface area contributed by atoms with Gasteiger partial charge in [0, 0.05) is 56.9 Å². The topological polar surface area (TPSA) is 112 Å². The van der Waals surface area contributed by atoms with Crippen molar-refractivity contribution in [2.45, 2.75) is 57.7 Å². The summed E-state index contributed by atoms with van der Waals surface area (Å²) >= 11 is 0. The number of piperidine rings is 1. The van der Waals surface area contributed by atoms with Crippen LogP contribution in [0.1, 0.15) is 42.9 Å². The number of ether oxygens (including phenoxy) is 2. The zero-order valence-corrected chi connectivity index (χ0v) is 30.7. The van der Waals surface area contributed by atoms with Gasteiger partial charge in [-0.15, -0.1) is 0 Å². The fraction of sp³-hybridized carbons (Fsp3) is 0.357. The number of benzene rings is 4. The molecule has 0 aliphatic carbocycles. The Kier molecular flexibility index (Phi) is 13.8. The molecule has 1 unspecified atom stereocenters. The summed E-state index contributed by atoms with van der Waals surface area (Å²) in [6.07, 6.45) is 2.28. The van der Waals surface area contributed by atoms with E-state index in [1.54, 1.807) is 19.1 Å².